The molecule has 4 aromatic rings. The average Bonchev–Trinajstić information content (AvgIpc) is 3.20. The van der Waals surface area contributed by atoms with Crippen molar-refractivity contribution in [1.82, 2.24) is 14.9 Å². The van der Waals surface area contributed by atoms with Crippen molar-refractivity contribution in [2.24, 2.45) is 0 Å². The zero-order chi connectivity index (χ0) is 17.2. The number of hydrogen-bond acceptors (Lipinski definition) is 1. The molecule has 5 heteroatoms. The number of para-hydroxylation sites is 1. The van der Waals surface area contributed by atoms with E-state index in [2.05, 4.69) is 38.4 Å². The zero-order valence-corrected chi connectivity index (χ0v) is 15.2. The lowest BCUT2D eigenvalue weighted by molar-refractivity contribution is -0.121. The minimum absolute atomic E-state index is 0.0253. The van der Waals surface area contributed by atoms with Crippen LogP contribution < -0.4 is 5.32 Å². The standard InChI is InChI=1S/C20H18BrN3O/c21-16-6-5-14-8-10-24(19(14)11-16)13-20(25)22-9-7-15-12-23-18-4-2-1-3-17(15)18/h1-6,8,10-12,23H,7,9,13H2,(H,22,25). The monoisotopic (exact) mass is 395 g/mol. The van der Waals surface area contributed by atoms with Crippen molar-refractivity contribution in [2.75, 3.05) is 6.54 Å². The number of rotatable bonds is 5. The highest BCUT2D eigenvalue weighted by molar-refractivity contribution is 9.10. The molecule has 25 heavy (non-hydrogen) atoms. The number of amides is 1. The van der Waals surface area contributed by atoms with Crippen LogP contribution >= 0.6 is 15.9 Å². The topological polar surface area (TPSA) is 49.8 Å². The lowest BCUT2D eigenvalue weighted by atomic mass is 10.1. The molecule has 0 fully saturated rings. The van der Waals surface area contributed by atoms with Crippen molar-refractivity contribution < 1.29 is 4.79 Å². The zero-order valence-electron chi connectivity index (χ0n) is 13.6. The summed E-state index contributed by atoms with van der Waals surface area (Å²) in [6.45, 7) is 0.956. The van der Waals surface area contributed by atoms with E-state index in [-0.39, 0.29) is 5.91 Å². The largest absolute Gasteiger partial charge is 0.361 e. The number of nitrogens with one attached hydrogen (secondary N) is 2. The van der Waals surface area contributed by atoms with Crippen LogP contribution in [0.15, 0.2) is 65.4 Å². The van der Waals surface area contributed by atoms with E-state index < -0.39 is 0 Å². The molecule has 0 bridgehead atoms. The first kappa shape index (κ1) is 16.0. The van der Waals surface area contributed by atoms with Gasteiger partial charge in [-0.1, -0.05) is 40.2 Å². The van der Waals surface area contributed by atoms with Crippen LogP contribution in [0.1, 0.15) is 5.56 Å². The minimum atomic E-state index is 0.0253. The number of aromatic nitrogens is 2. The summed E-state index contributed by atoms with van der Waals surface area (Å²) in [7, 11) is 0. The van der Waals surface area contributed by atoms with E-state index in [0.29, 0.717) is 13.1 Å². The summed E-state index contributed by atoms with van der Waals surface area (Å²) in [5.74, 6) is 0.0253. The summed E-state index contributed by atoms with van der Waals surface area (Å²) in [4.78, 5) is 15.5. The molecule has 2 aromatic carbocycles. The molecule has 0 spiro atoms. The smallest absolute Gasteiger partial charge is 0.239 e. The summed E-state index contributed by atoms with van der Waals surface area (Å²) in [5, 5.41) is 5.37. The van der Waals surface area contributed by atoms with Gasteiger partial charge in [-0.3, -0.25) is 4.79 Å². The maximum absolute atomic E-state index is 12.3. The molecule has 0 aliphatic heterocycles. The Bertz CT molecular complexity index is 1050. The van der Waals surface area contributed by atoms with Crippen LogP contribution in [0.4, 0.5) is 0 Å². The van der Waals surface area contributed by atoms with E-state index >= 15 is 0 Å². The van der Waals surface area contributed by atoms with Crippen molar-refractivity contribution in [3.63, 3.8) is 0 Å². The number of aromatic amines is 1. The second kappa shape index (κ2) is 6.76. The molecule has 0 atom stereocenters. The summed E-state index contributed by atoms with van der Waals surface area (Å²) in [6, 6.07) is 16.3. The van der Waals surface area contributed by atoms with Crippen LogP contribution in [0.5, 0.6) is 0 Å². The number of H-pyrrole nitrogens is 1. The van der Waals surface area contributed by atoms with Gasteiger partial charge >= 0.3 is 0 Å². The van der Waals surface area contributed by atoms with Gasteiger partial charge in [0.05, 0.1) is 0 Å². The molecular weight excluding hydrogens is 378 g/mol. The van der Waals surface area contributed by atoms with E-state index in [1.54, 1.807) is 0 Å². The van der Waals surface area contributed by atoms with Crippen LogP contribution in [-0.4, -0.2) is 22.0 Å². The Morgan fingerprint density at radius 3 is 2.96 bits per heavy atom. The Kier molecular flexibility index (Phi) is 4.32. The van der Waals surface area contributed by atoms with Gasteiger partial charge < -0.3 is 14.9 Å². The molecule has 0 saturated heterocycles. The third kappa shape index (κ3) is 3.33. The van der Waals surface area contributed by atoms with Gasteiger partial charge in [0.2, 0.25) is 5.91 Å². The SMILES string of the molecule is O=C(Cn1ccc2ccc(Br)cc21)NCCc1c[nH]c2ccccc12. The van der Waals surface area contributed by atoms with Crippen LogP contribution in [0, 0.1) is 0 Å². The van der Waals surface area contributed by atoms with Gasteiger partial charge in [0, 0.05) is 39.8 Å². The maximum Gasteiger partial charge on any atom is 0.239 e. The van der Waals surface area contributed by atoms with Crippen LogP contribution in [0.3, 0.4) is 0 Å². The van der Waals surface area contributed by atoms with Gasteiger partial charge in [0.25, 0.3) is 0 Å². The molecule has 4 nitrogen and oxygen atoms in total. The van der Waals surface area contributed by atoms with Gasteiger partial charge in [-0.2, -0.15) is 0 Å². The Labute approximate surface area is 154 Å². The third-order valence-electron chi connectivity index (χ3n) is 4.44. The fraction of sp³-hybridized carbons (Fsp3) is 0.150. The molecule has 0 unspecified atom stereocenters. The fourth-order valence-electron chi connectivity index (χ4n) is 3.18. The molecule has 2 heterocycles. The molecule has 0 aliphatic rings. The first-order valence-corrected chi connectivity index (χ1v) is 9.06. The number of carbonyl (C=O) groups excluding carboxylic acids is 1. The quantitative estimate of drug-likeness (QED) is 0.521. The van der Waals surface area contributed by atoms with E-state index in [4.69, 9.17) is 0 Å². The van der Waals surface area contributed by atoms with E-state index in [0.717, 1.165) is 27.3 Å². The van der Waals surface area contributed by atoms with Gasteiger partial charge in [-0.15, -0.1) is 0 Å². The molecular formula is C20H18BrN3O. The Balaban J connectivity index is 1.38. The molecule has 2 N–H and O–H groups in total. The normalized spacial score (nSPS) is 11.2. The predicted molar refractivity (Wildman–Crippen MR) is 105 cm³/mol. The summed E-state index contributed by atoms with van der Waals surface area (Å²) < 4.78 is 2.99. The van der Waals surface area contributed by atoms with Crippen LogP contribution in [-0.2, 0) is 17.8 Å². The van der Waals surface area contributed by atoms with E-state index in [1.165, 1.54) is 10.9 Å². The van der Waals surface area contributed by atoms with E-state index in [9.17, 15) is 4.79 Å². The minimum Gasteiger partial charge on any atom is -0.361 e. The second-order valence-corrected chi connectivity index (χ2v) is 7.02. The summed E-state index contributed by atoms with van der Waals surface area (Å²) >= 11 is 3.48. The summed E-state index contributed by atoms with van der Waals surface area (Å²) in [5.41, 5.74) is 3.42. The average molecular weight is 396 g/mol. The first-order valence-electron chi connectivity index (χ1n) is 8.27. The predicted octanol–water partition coefficient (Wildman–Crippen LogP) is 4.24. The molecule has 0 saturated carbocycles. The van der Waals surface area contributed by atoms with Gasteiger partial charge in [-0.25, -0.2) is 0 Å². The van der Waals surface area contributed by atoms with Crippen molar-refractivity contribution in [2.45, 2.75) is 13.0 Å². The van der Waals surface area contributed by atoms with Crippen molar-refractivity contribution in [1.29, 1.82) is 0 Å². The lowest BCUT2D eigenvalue weighted by Crippen LogP contribution is -2.29. The number of carbonyl (C=O) groups is 1. The maximum atomic E-state index is 12.3. The van der Waals surface area contributed by atoms with Crippen molar-refractivity contribution in [3.05, 3.63) is 71.0 Å². The van der Waals surface area contributed by atoms with Gasteiger partial charge in [-0.05, 0) is 41.6 Å². The lowest BCUT2D eigenvalue weighted by Gasteiger charge is -2.07. The molecule has 1 amide bonds. The second-order valence-electron chi connectivity index (χ2n) is 6.11. The highest BCUT2D eigenvalue weighted by Gasteiger charge is 2.08. The Hall–Kier alpha value is -2.53. The highest BCUT2D eigenvalue weighted by Crippen LogP contribution is 2.21. The number of benzene rings is 2. The van der Waals surface area contributed by atoms with Gasteiger partial charge in [0.15, 0.2) is 0 Å². The van der Waals surface area contributed by atoms with Crippen molar-refractivity contribution in [3.8, 4) is 0 Å². The molecule has 0 aliphatic carbocycles. The van der Waals surface area contributed by atoms with E-state index in [1.807, 2.05) is 53.4 Å². The number of hydrogen-bond donors (Lipinski definition) is 2. The Morgan fingerprint density at radius 1 is 1.16 bits per heavy atom. The van der Waals surface area contributed by atoms with Crippen LogP contribution in [0.25, 0.3) is 21.8 Å². The molecule has 2 aromatic heterocycles. The Morgan fingerprint density at radius 2 is 2.04 bits per heavy atom. The van der Waals surface area contributed by atoms with Crippen molar-refractivity contribution >= 4 is 43.6 Å². The molecule has 126 valence electrons. The van der Waals surface area contributed by atoms with Gasteiger partial charge in [0.1, 0.15) is 6.54 Å². The molecule has 0 radical (unpaired) electrons. The number of fused-ring (bicyclic) bond motifs is 2. The third-order valence-corrected chi connectivity index (χ3v) is 4.93. The highest BCUT2D eigenvalue weighted by atomic mass is 79.9. The van der Waals surface area contributed by atoms with Crippen LogP contribution in [0.2, 0.25) is 0 Å². The number of nitrogens with zero attached hydrogens (tertiary/aromatic N) is 1. The molecule has 4 rings (SSSR count). The number of halogens is 1. The summed E-state index contributed by atoms with van der Waals surface area (Å²) in [6.07, 6.45) is 4.79. The fourth-order valence-corrected chi connectivity index (χ4v) is 3.53. The first-order chi connectivity index (χ1) is 12.2.